The highest BCUT2D eigenvalue weighted by Gasteiger charge is 2.39. The van der Waals surface area contributed by atoms with Gasteiger partial charge < -0.3 is 14.2 Å². The minimum atomic E-state index is -1.33. The van der Waals surface area contributed by atoms with Crippen molar-refractivity contribution in [2.24, 2.45) is 0 Å². The van der Waals surface area contributed by atoms with E-state index in [4.69, 9.17) is 14.2 Å². The van der Waals surface area contributed by atoms with E-state index in [1.165, 1.54) is 0 Å². The Hall–Kier alpha value is -1.85. The lowest BCUT2D eigenvalue weighted by molar-refractivity contribution is -0.165. The van der Waals surface area contributed by atoms with Gasteiger partial charge in [-0.05, 0) is 27.7 Å². The zero-order valence-electron chi connectivity index (χ0n) is 10.8. The van der Waals surface area contributed by atoms with Crippen molar-refractivity contribution in [2.75, 3.05) is 0 Å². The summed E-state index contributed by atoms with van der Waals surface area (Å²) in [4.78, 5) is 34.5. The Morgan fingerprint density at radius 1 is 1.17 bits per heavy atom. The van der Waals surface area contributed by atoms with Crippen molar-refractivity contribution >= 4 is 17.9 Å². The lowest BCUT2D eigenvalue weighted by Gasteiger charge is -2.15. The van der Waals surface area contributed by atoms with Crippen molar-refractivity contribution in [1.82, 2.24) is 0 Å². The maximum Gasteiger partial charge on any atom is 0.352 e. The number of esters is 3. The minimum Gasteiger partial charge on any atom is -0.460 e. The van der Waals surface area contributed by atoms with Crippen LogP contribution in [-0.2, 0) is 28.6 Å². The van der Waals surface area contributed by atoms with Crippen molar-refractivity contribution in [1.29, 1.82) is 0 Å². The van der Waals surface area contributed by atoms with E-state index >= 15 is 0 Å². The SMILES string of the molecule is CC(C)OC(=O)C1=CC(=O)O[C@@H]1C(=O)OC(C)C. The fraction of sp³-hybridized carbons (Fsp3) is 0.583. The van der Waals surface area contributed by atoms with Gasteiger partial charge in [-0.25, -0.2) is 14.4 Å². The highest BCUT2D eigenvalue weighted by Crippen LogP contribution is 2.19. The largest absolute Gasteiger partial charge is 0.460 e. The molecule has 0 aromatic rings. The second-order valence-electron chi connectivity index (χ2n) is 4.36. The highest BCUT2D eigenvalue weighted by atomic mass is 16.6. The Balaban J connectivity index is 2.80. The predicted octanol–water partition coefficient (Wildman–Crippen LogP) is 0.741. The van der Waals surface area contributed by atoms with Gasteiger partial charge in [0.15, 0.2) is 0 Å². The van der Waals surface area contributed by atoms with Gasteiger partial charge in [-0.3, -0.25) is 0 Å². The molecule has 1 atom stereocenters. The van der Waals surface area contributed by atoms with Crippen molar-refractivity contribution in [3.8, 4) is 0 Å². The third kappa shape index (κ3) is 3.58. The summed E-state index contributed by atoms with van der Waals surface area (Å²) >= 11 is 0. The Bertz CT molecular complexity index is 393. The van der Waals surface area contributed by atoms with Crippen LogP contribution in [0.3, 0.4) is 0 Å². The molecule has 0 radical (unpaired) electrons. The van der Waals surface area contributed by atoms with Crippen molar-refractivity contribution < 1.29 is 28.6 Å². The van der Waals surface area contributed by atoms with E-state index in [-0.39, 0.29) is 17.8 Å². The van der Waals surface area contributed by atoms with E-state index in [1.54, 1.807) is 27.7 Å². The van der Waals surface area contributed by atoms with Crippen LogP contribution in [0.5, 0.6) is 0 Å². The van der Waals surface area contributed by atoms with E-state index < -0.39 is 24.0 Å². The van der Waals surface area contributed by atoms with Gasteiger partial charge >= 0.3 is 17.9 Å². The van der Waals surface area contributed by atoms with Gasteiger partial charge in [0.1, 0.15) is 0 Å². The number of ether oxygens (including phenoxy) is 3. The fourth-order valence-corrected chi connectivity index (χ4v) is 1.33. The quantitative estimate of drug-likeness (QED) is 0.545. The molecule has 0 amide bonds. The molecule has 1 rings (SSSR count). The average Bonchev–Trinajstić information content (AvgIpc) is 2.58. The second-order valence-corrected chi connectivity index (χ2v) is 4.36. The smallest absolute Gasteiger partial charge is 0.352 e. The predicted molar refractivity (Wildman–Crippen MR) is 60.4 cm³/mol. The van der Waals surface area contributed by atoms with E-state index in [0.29, 0.717) is 0 Å². The zero-order chi connectivity index (χ0) is 13.9. The van der Waals surface area contributed by atoms with Crippen LogP contribution in [0.15, 0.2) is 11.6 Å². The van der Waals surface area contributed by atoms with Crippen molar-refractivity contribution in [3.63, 3.8) is 0 Å². The van der Waals surface area contributed by atoms with Gasteiger partial charge in [0.25, 0.3) is 0 Å². The number of cyclic esters (lactones) is 1. The summed E-state index contributed by atoms with van der Waals surface area (Å²) < 4.78 is 14.6. The fourth-order valence-electron chi connectivity index (χ4n) is 1.33. The molecule has 0 bridgehead atoms. The first-order valence-corrected chi connectivity index (χ1v) is 5.65. The standard InChI is InChI=1S/C12H16O6/c1-6(2)16-11(14)8-5-9(13)18-10(8)12(15)17-7(3)4/h5-7,10H,1-4H3/t10-/m0/s1. The third-order valence-electron chi connectivity index (χ3n) is 1.93. The summed E-state index contributed by atoms with van der Waals surface area (Å²) in [5, 5.41) is 0. The summed E-state index contributed by atoms with van der Waals surface area (Å²) in [6.07, 6.45) is -1.09. The number of carbonyl (C=O) groups excluding carboxylic acids is 3. The molecule has 0 spiro atoms. The Morgan fingerprint density at radius 3 is 2.22 bits per heavy atom. The summed E-state index contributed by atoms with van der Waals surface area (Å²) in [5.74, 6) is -2.28. The minimum absolute atomic E-state index is 0.126. The maximum atomic E-state index is 11.7. The molecule has 1 heterocycles. The summed E-state index contributed by atoms with van der Waals surface area (Å²) in [6.45, 7) is 6.64. The molecular weight excluding hydrogens is 240 g/mol. The highest BCUT2D eigenvalue weighted by molar-refractivity contribution is 6.06. The Labute approximate surface area is 105 Å². The van der Waals surface area contributed by atoms with Gasteiger partial charge in [-0.2, -0.15) is 0 Å². The van der Waals surface area contributed by atoms with Crippen LogP contribution in [0, 0.1) is 0 Å². The molecule has 6 nitrogen and oxygen atoms in total. The van der Waals surface area contributed by atoms with Crippen molar-refractivity contribution in [3.05, 3.63) is 11.6 Å². The first-order chi connectivity index (χ1) is 8.31. The lowest BCUT2D eigenvalue weighted by Crippen LogP contribution is -2.32. The van der Waals surface area contributed by atoms with E-state index in [2.05, 4.69) is 0 Å². The number of carbonyl (C=O) groups is 3. The van der Waals surface area contributed by atoms with Crippen LogP contribution in [0.2, 0.25) is 0 Å². The molecule has 1 aliphatic rings. The van der Waals surface area contributed by atoms with Gasteiger partial charge in [-0.1, -0.05) is 0 Å². The summed E-state index contributed by atoms with van der Waals surface area (Å²) in [6, 6.07) is 0. The normalized spacial score (nSPS) is 18.7. The molecule has 18 heavy (non-hydrogen) atoms. The number of hydrogen-bond acceptors (Lipinski definition) is 6. The molecular formula is C12H16O6. The van der Waals surface area contributed by atoms with Gasteiger partial charge in [-0.15, -0.1) is 0 Å². The topological polar surface area (TPSA) is 78.9 Å². The Morgan fingerprint density at radius 2 is 1.72 bits per heavy atom. The molecule has 0 fully saturated rings. The van der Waals surface area contributed by atoms with Gasteiger partial charge in [0.05, 0.1) is 17.8 Å². The molecule has 0 saturated heterocycles. The molecule has 0 aromatic carbocycles. The third-order valence-corrected chi connectivity index (χ3v) is 1.93. The number of hydrogen-bond donors (Lipinski definition) is 0. The molecule has 100 valence electrons. The van der Waals surface area contributed by atoms with E-state index in [0.717, 1.165) is 6.08 Å². The maximum absolute atomic E-state index is 11.7. The summed E-state index contributed by atoms with van der Waals surface area (Å²) in [5.41, 5.74) is -0.126. The molecule has 1 aliphatic heterocycles. The van der Waals surface area contributed by atoms with Gasteiger partial charge in [0, 0.05) is 6.08 Å². The molecule has 0 N–H and O–H groups in total. The molecule has 0 aliphatic carbocycles. The van der Waals surface area contributed by atoms with E-state index in [9.17, 15) is 14.4 Å². The first kappa shape index (κ1) is 14.2. The van der Waals surface area contributed by atoms with Crippen LogP contribution in [0.25, 0.3) is 0 Å². The monoisotopic (exact) mass is 256 g/mol. The van der Waals surface area contributed by atoms with E-state index in [1.807, 2.05) is 0 Å². The average molecular weight is 256 g/mol. The van der Waals surface area contributed by atoms with Crippen LogP contribution >= 0.6 is 0 Å². The zero-order valence-corrected chi connectivity index (χ0v) is 10.8. The van der Waals surface area contributed by atoms with Gasteiger partial charge in [0.2, 0.25) is 6.10 Å². The van der Waals surface area contributed by atoms with Crippen LogP contribution < -0.4 is 0 Å². The Kier molecular flexibility index (Phi) is 4.47. The van der Waals surface area contributed by atoms with Crippen LogP contribution in [-0.4, -0.2) is 36.2 Å². The van der Waals surface area contributed by atoms with Crippen LogP contribution in [0.4, 0.5) is 0 Å². The molecule has 6 heteroatoms. The number of rotatable bonds is 4. The lowest BCUT2D eigenvalue weighted by atomic mass is 10.1. The first-order valence-electron chi connectivity index (χ1n) is 5.65. The van der Waals surface area contributed by atoms with Crippen molar-refractivity contribution in [2.45, 2.75) is 46.0 Å². The molecule has 0 unspecified atom stereocenters. The van der Waals surface area contributed by atoms with Crippen LogP contribution in [0.1, 0.15) is 27.7 Å². The molecule has 0 saturated carbocycles. The summed E-state index contributed by atoms with van der Waals surface area (Å²) in [7, 11) is 0. The molecule has 0 aromatic heterocycles. The second kappa shape index (κ2) is 5.66.